The second kappa shape index (κ2) is 27.4. The molecule has 0 spiro atoms. The van der Waals surface area contributed by atoms with Gasteiger partial charge < -0.3 is 41.7 Å². The molecular formula is C52H32Cl2N14Na2O22S6. The minimum atomic E-state index is -5.37. The van der Waals surface area contributed by atoms with E-state index < -0.39 is 180 Å². The molecule has 0 aliphatic carbocycles. The van der Waals surface area contributed by atoms with E-state index in [2.05, 4.69) is 71.6 Å². The Kier molecular flexibility index (Phi) is 20.7. The number of halogens is 2. The van der Waals surface area contributed by atoms with Gasteiger partial charge in [0.15, 0.2) is 0 Å². The van der Waals surface area contributed by atoms with Crippen molar-refractivity contribution in [3.8, 4) is 23.0 Å². The van der Waals surface area contributed by atoms with Crippen molar-refractivity contribution < 1.29 is 157 Å². The van der Waals surface area contributed by atoms with Crippen LogP contribution in [0.5, 0.6) is 23.0 Å². The SMILES string of the molecule is O=S(=O)(O)c1cc2cc(N=Nc3c(S(=O)(=O)O)cc(S(=O)(=O)O)c4cccc([O-])c34)ccc2c(O)c1Nc1nc(Cl)nc(Nc2ccc(Nc3nc(Cl)nc(Nc4c(S(=O)(=O)O)cc5cc(N=Nc6c(S(=O)(=O)O)cc(S(=O)(=O)O)c7cccc([O-])c67)ccc5c4O)n3)cc2)n1.[Na+].[Na+]. The zero-order valence-electron chi connectivity index (χ0n) is 48.5. The molecule has 0 atom stereocenters. The smallest absolute Gasteiger partial charge is 0.872 e. The fourth-order valence-electron chi connectivity index (χ4n) is 9.49. The van der Waals surface area contributed by atoms with Gasteiger partial charge in [0.1, 0.15) is 63.6 Å². The number of nitrogens with zero attached hydrogens (tertiary/aromatic N) is 10. The van der Waals surface area contributed by atoms with E-state index in [9.17, 15) is 98.2 Å². The number of azo groups is 2. The molecule has 2 aromatic heterocycles. The first-order valence-corrected chi connectivity index (χ1v) is 35.0. The molecule has 0 bridgehead atoms. The van der Waals surface area contributed by atoms with E-state index in [0.29, 0.717) is 12.1 Å². The minimum Gasteiger partial charge on any atom is -0.872 e. The number of hydrogen-bond donors (Lipinski definition) is 12. The van der Waals surface area contributed by atoms with Crippen molar-refractivity contribution in [2.45, 2.75) is 29.4 Å². The van der Waals surface area contributed by atoms with E-state index in [1.54, 1.807) is 0 Å². The van der Waals surface area contributed by atoms with Crippen LogP contribution in [0.4, 0.5) is 69.3 Å². The van der Waals surface area contributed by atoms with Crippen LogP contribution in [-0.2, 0) is 60.7 Å². The van der Waals surface area contributed by atoms with Crippen LogP contribution in [0.3, 0.4) is 0 Å². The number of rotatable bonds is 18. The third-order valence-electron chi connectivity index (χ3n) is 13.5. The van der Waals surface area contributed by atoms with E-state index in [4.69, 9.17) is 23.2 Å². The predicted octanol–water partition coefficient (Wildman–Crippen LogP) is 2.83. The molecule has 11 aromatic rings. The quantitative estimate of drug-likeness (QED) is 0.0254. The molecule has 46 heteroatoms. The molecule has 494 valence electrons. The second-order valence-electron chi connectivity index (χ2n) is 19.6. The van der Waals surface area contributed by atoms with Crippen LogP contribution in [0.2, 0.25) is 10.6 Å². The Balaban J connectivity index is 0.00000562. The third kappa shape index (κ3) is 15.6. The van der Waals surface area contributed by atoms with Crippen molar-refractivity contribution in [2.75, 3.05) is 21.3 Å². The molecule has 0 aliphatic rings. The Morgan fingerprint density at radius 1 is 0.357 bits per heavy atom. The summed E-state index contributed by atoms with van der Waals surface area (Å²) in [5.41, 5.74) is -3.03. The summed E-state index contributed by atoms with van der Waals surface area (Å²) in [6.45, 7) is 0. The van der Waals surface area contributed by atoms with E-state index >= 15 is 0 Å². The monoisotopic (exact) mass is 1510 g/mol. The van der Waals surface area contributed by atoms with Gasteiger partial charge in [-0.1, -0.05) is 47.9 Å². The molecule has 9 aromatic carbocycles. The first-order chi connectivity index (χ1) is 44.8. The molecule has 36 nitrogen and oxygen atoms in total. The van der Waals surface area contributed by atoms with Crippen molar-refractivity contribution in [3.05, 3.63) is 132 Å². The zero-order chi connectivity index (χ0) is 69.5. The number of hydrogen-bond acceptors (Lipinski definition) is 30. The van der Waals surface area contributed by atoms with E-state index in [0.717, 1.165) is 60.7 Å². The van der Waals surface area contributed by atoms with Gasteiger partial charge in [0.05, 0.1) is 11.4 Å². The maximum atomic E-state index is 13.0. The van der Waals surface area contributed by atoms with Crippen LogP contribution in [-0.4, -0.2) is 118 Å². The Hall–Kier alpha value is -8.32. The summed E-state index contributed by atoms with van der Waals surface area (Å²) in [7, 11) is -31.7. The second-order valence-corrected chi connectivity index (χ2v) is 28.7. The van der Waals surface area contributed by atoms with Crippen molar-refractivity contribution in [2.24, 2.45) is 20.5 Å². The fourth-order valence-corrected chi connectivity index (χ4v) is 14.1. The number of aromatic nitrogens is 6. The number of phenolic OH excluding ortho intramolecular Hbond substituents is 2. The van der Waals surface area contributed by atoms with Crippen LogP contribution >= 0.6 is 23.2 Å². The van der Waals surface area contributed by atoms with Gasteiger partial charge in [-0.15, -0.1) is 10.2 Å². The minimum absolute atomic E-state index is 0. The molecule has 0 fully saturated rings. The van der Waals surface area contributed by atoms with Crippen LogP contribution in [0.15, 0.2) is 171 Å². The molecular weight excluding hydrogens is 1480 g/mol. The van der Waals surface area contributed by atoms with Crippen molar-refractivity contribution >= 4 is 196 Å². The number of nitrogens with one attached hydrogen (secondary N) is 4. The Bertz CT molecular complexity index is 5660. The number of phenols is 2. The number of anilines is 8. The van der Waals surface area contributed by atoms with Gasteiger partial charge in [-0.3, -0.25) is 27.3 Å². The molecule has 11 rings (SSSR count). The van der Waals surface area contributed by atoms with Crippen molar-refractivity contribution in [3.63, 3.8) is 0 Å². The Labute approximate surface area is 603 Å². The van der Waals surface area contributed by atoms with E-state index in [1.165, 1.54) is 48.5 Å². The van der Waals surface area contributed by atoms with Crippen LogP contribution in [0.1, 0.15) is 0 Å². The first-order valence-electron chi connectivity index (χ1n) is 25.6. The van der Waals surface area contributed by atoms with E-state index in [-0.39, 0.29) is 115 Å². The Morgan fingerprint density at radius 2 is 0.673 bits per heavy atom. The summed E-state index contributed by atoms with van der Waals surface area (Å²) in [5.74, 6) is -5.24. The maximum Gasteiger partial charge on any atom is 1.00 e. The van der Waals surface area contributed by atoms with Gasteiger partial charge in [-0.2, -0.15) is 90.6 Å². The average Bonchev–Trinajstić information content (AvgIpc) is 0.760. The summed E-state index contributed by atoms with van der Waals surface area (Å²) in [6.07, 6.45) is 0. The van der Waals surface area contributed by atoms with Crippen LogP contribution in [0.25, 0.3) is 43.1 Å². The summed E-state index contributed by atoms with van der Waals surface area (Å²) in [4.78, 5) is 17.7. The van der Waals surface area contributed by atoms with Crippen LogP contribution < -0.4 is 90.6 Å². The van der Waals surface area contributed by atoms with E-state index in [1.807, 2.05) is 0 Å². The molecule has 2 heterocycles. The number of benzene rings is 9. The van der Waals surface area contributed by atoms with Gasteiger partial charge in [0, 0.05) is 43.7 Å². The molecule has 0 saturated carbocycles. The largest absolute Gasteiger partial charge is 1.00 e. The average molecular weight is 1510 g/mol. The van der Waals surface area contributed by atoms with Gasteiger partial charge in [-0.05, 0) is 119 Å². The molecule has 0 amide bonds. The van der Waals surface area contributed by atoms with Gasteiger partial charge in [-0.25, -0.2) is 0 Å². The maximum absolute atomic E-state index is 13.0. The van der Waals surface area contributed by atoms with Gasteiger partial charge >= 0.3 is 59.1 Å². The molecule has 0 saturated heterocycles. The topological polar surface area (TPSA) is 588 Å². The summed E-state index contributed by atoms with van der Waals surface area (Å²) in [5, 5.41) is 71.1. The third-order valence-corrected chi connectivity index (χ3v) is 19.1. The first kappa shape index (κ1) is 73.9. The summed E-state index contributed by atoms with van der Waals surface area (Å²) < 4.78 is 210. The molecule has 98 heavy (non-hydrogen) atoms. The zero-order valence-corrected chi connectivity index (χ0v) is 58.9. The standard InChI is InChI=1S/C52H34Cl2N14O22S6.2Na/c53-47-59-49(63-51(61-47)57-43-35(93(79,80)81)17-21-15-25(11-13-27(21)45(43)71)65-67-41-37(95(85,86)87)19-33(91(73,74)75)29-3-1-5-31(69)39(29)41)55-23-7-9-24(10-8-23)56-50-60-48(54)62-52(64-50)58-44-36(94(82,83)84)18-22-16-26(12-14-28(22)46(44)72)66-68-42-38(96(88,89)90)20-34(92(76,77)78)30-4-2-6-32(70)40(30)42;;/h1-20,69-72H,(H,73,74,75)(H,76,77,78)(H,79,80,81)(H,82,83,84)(H,85,86,87)(H,88,89,90)(H2,55,57,59,61,63)(H2,56,58,60,62,64);;/q;2*+1/p-2. The molecule has 12 N–H and O–H groups in total. The van der Waals surface area contributed by atoms with Crippen molar-refractivity contribution in [1.29, 1.82) is 0 Å². The number of aromatic hydroxyl groups is 2. The Morgan fingerprint density at radius 3 is 0.990 bits per heavy atom. The normalized spacial score (nSPS) is 12.5. The van der Waals surface area contributed by atoms with Gasteiger partial charge in [0.25, 0.3) is 60.7 Å². The number of fused-ring (bicyclic) bond motifs is 4. The summed E-state index contributed by atoms with van der Waals surface area (Å²) in [6, 6.07) is 21.3. The molecule has 0 unspecified atom stereocenters. The van der Waals surface area contributed by atoms with Gasteiger partial charge in [0.2, 0.25) is 34.4 Å². The predicted molar refractivity (Wildman–Crippen MR) is 335 cm³/mol. The van der Waals surface area contributed by atoms with Crippen molar-refractivity contribution in [1.82, 2.24) is 29.9 Å². The van der Waals surface area contributed by atoms with Crippen LogP contribution in [0, 0.1) is 0 Å². The summed E-state index contributed by atoms with van der Waals surface area (Å²) >= 11 is 12.5. The molecule has 0 aliphatic heterocycles. The fraction of sp³-hybridized carbons (Fsp3) is 0. The molecule has 0 radical (unpaired) electrons.